The average molecular weight is 307 g/mol. The van der Waals surface area contributed by atoms with Crippen LogP contribution in [0.2, 0.25) is 0 Å². The number of rotatable bonds is 2. The van der Waals surface area contributed by atoms with E-state index in [1.54, 1.807) is 19.2 Å². The molecule has 1 saturated heterocycles. The van der Waals surface area contributed by atoms with Crippen molar-refractivity contribution >= 4 is 5.91 Å². The summed E-state index contributed by atoms with van der Waals surface area (Å²) >= 11 is 0. The molecule has 0 unspecified atom stereocenters. The summed E-state index contributed by atoms with van der Waals surface area (Å²) in [6.07, 6.45) is 0.0682. The summed E-state index contributed by atoms with van der Waals surface area (Å²) in [6, 6.07) is 3.44. The van der Waals surface area contributed by atoms with Gasteiger partial charge in [0.05, 0.1) is 19.3 Å². The fourth-order valence-electron chi connectivity index (χ4n) is 2.92. The smallest absolute Gasteiger partial charge is 0.254 e. The van der Waals surface area contributed by atoms with Crippen LogP contribution in [0.15, 0.2) is 12.1 Å². The summed E-state index contributed by atoms with van der Waals surface area (Å²) in [5, 5.41) is 0. The third kappa shape index (κ3) is 2.83. The molecule has 0 spiro atoms. The molecule has 1 aromatic carbocycles. The van der Waals surface area contributed by atoms with Gasteiger partial charge in [0.15, 0.2) is 11.5 Å². The van der Waals surface area contributed by atoms with E-state index in [4.69, 9.17) is 18.9 Å². The SMILES string of the molecule is COc1cc(C(=O)N2C[C@H](C)O[C@@H](C)C2)cc2c1OCCO2. The van der Waals surface area contributed by atoms with Crippen LogP contribution >= 0.6 is 0 Å². The van der Waals surface area contributed by atoms with Crippen molar-refractivity contribution in [1.82, 2.24) is 4.90 Å². The number of amides is 1. The van der Waals surface area contributed by atoms with E-state index in [0.29, 0.717) is 49.1 Å². The molecular formula is C16H21NO5. The summed E-state index contributed by atoms with van der Waals surface area (Å²) in [7, 11) is 1.56. The highest BCUT2D eigenvalue weighted by Gasteiger charge is 2.28. The molecule has 0 saturated carbocycles. The molecule has 6 heteroatoms. The van der Waals surface area contributed by atoms with Gasteiger partial charge in [0.2, 0.25) is 5.75 Å². The van der Waals surface area contributed by atoms with E-state index < -0.39 is 0 Å². The van der Waals surface area contributed by atoms with Gasteiger partial charge in [0.1, 0.15) is 13.2 Å². The van der Waals surface area contributed by atoms with Crippen molar-refractivity contribution in [2.24, 2.45) is 0 Å². The third-order valence-corrected chi connectivity index (χ3v) is 3.78. The molecule has 2 aliphatic rings. The van der Waals surface area contributed by atoms with E-state index in [1.165, 1.54) is 0 Å². The number of carbonyl (C=O) groups excluding carboxylic acids is 1. The number of nitrogens with zero attached hydrogens (tertiary/aromatic N) is 1. The van der Waals surface area contributed by atoms with Crippen LogP contribution in [-0.2, 0) is 4.74 Å². The summed E-state index contributed by atoms with van der Waals surface area (Å²) in [6.45, 7) is 6.06. The van der Waals surface area contributed by atoms with E-state index >= 15 is 0 Å². The van der Waals surface area contributed by atoms with Crippen molar-refractivity contribution in [1.29, 1.82) is 0 Å². The zero-order valence-corrected chi connectivity index (χ0v) is 13.1. The fourth-order valence-corrected chi connectivity index (χ4v) is 2.92. The molecule has 0 aromatic heterocycles. The molecule has 0 bridgehead atoms. The average Bonchev–Trinajstić information content (AvgIpc) is 2.52. The number of ether oxygens (including phenoxy) is 4. The van der Waals surface area contributed by atoms with Crippen LogP contribution < -0.4 is 14.2 Å². The maximum Gasteiger partial charge on any atom is 0.254 e. The van der Waals surface area contributed by atoms with Crippen molar-refractivity contribution < 1.29 is 23.7 Å². The number of carbonyl (C=O) groups is 1. The Balaban J connectivity index is 1.89. The normalized spacial score (nSPS) is 24.0. The lowest BCUT2D eigenvalue weighted by molar-refractivity contribution is -0.0586. The molecule has 1 fully saturated rings. The van der Waals surface area contributed by atoms with Gasteiger partial charge in [-0.15, -0.1) is 0 Å². The van der Waals surface area contributed by atoms with Gasteiger partial charge >= 0.3 is 0 Å². The van der Waals surface area contributed by atoms with E-state index in [1.807, 2.05) is 18.7 Å². The lowest BCUT2D eigenvalue weighted by Gasteiger charge is -2.35. The minimum atomic E-state index is -0.0442. The summed E-state index contributed by atoms with van der Waals surface area (Å²) in [5.74, 6) is 1.60. The van der Waals surface area contributed by atoms with Crippen molar-refractivity contribution in [2.75, 3.05) is 33.4 Å². The van der Waals surface area contributed by atoms with Crippen LogP contribution in [-0.4, -0.2) is 56.4 Å². The van der Waals surface area contributed by atoms with Gasteiger partial charge in [0, 0.05) is 18.7 Å². The molecule has 0 radical (unpaired) electrons. The van der Waals surface area contributed by atoms with Crippen molar-refractivity contribution in [3.05, 3.63) is 17.7 Å². The van der Waals surface area contributed by atoms with E-state index in [2.05, 4.69) is 0 Å². The van der Waals surface area contributed by atoms with Crippen molar-refractivity contribution in [3.8, 4) is 17.2 Å². The lowest BCUT2D eigenvalue weighted by atomic mass is 10.1. The Kier molecular flexibility index (Phi) is 4.11. The van der Waals surface area contributed by atoms with E-state index in [0.717, 1.165) is 0 Å². The fraction of sp³-hybridized carbons (Fsp3) is 0.562. The monoisotopic (exact) mass is 307 g/mol. The molecule has 2 aliphatic heterocycles. The Hall–Kier alpha value is -1.95. The van der Waals surface area contributed by atoms with Gasteiger partial charge in [-0.3, -0.25) is 4.79 Å². The van der Waals surface area contributed by atoms with Gasteiger partial charge in [-0.1, -0.05) is 0 Å². The van der Waals surface area contributed by atoms with Gasteiger partial charge in [-0.2, -0.15) is 0 Å². The van der Waals surface area contributed by atoms with Crippen LogP contribution in [0.5, 0.6) is 17.2 Å². The number of benzene rings is 1. The minimum absolute atomic E-state index is 0.0341. The van der Waals surface area contributed by atoms with Crippen molar-refractivity contribution in [3.63, 3.8) is 0 Å². The minimum Gasteiger partial charge on any atom is -0.493 e. The van der Waals surface area contributed by atoms with Crippen LogP contribution in [0, 0.1) is 0 Å². The van der Waals surface area contributed by atoms with Crippen LogP contribution in [0.4, 0.5) is 0 Å². The second-order valence-electron chi connectivity index (χ2n) is 5.67. The topological polar surface area (TPSA) is 57.2 Å². The van der Waals surface area contributed by atoms with E-state index in [9.17, 15) is 4.79 Å². The van der Waals surface area contributed by atoms with Crippen LogP contribution in [0.3, 0.4) is 0 Å². The van der Waals surface area contributed by atoms with Gasteiger partial charge in [-0.05, 0) is 26.0 Å². The number of hydrogen-bond donors (Lipinski definition) is 0. The molecule has 2 heterocycles. The number of methoxy groups -OCH3 is 1. The van der Waals surface area contributed by atoms with Crippen molar-refractivity contribution in [2.45, 2.75) is 26.1 Å². The highest BCUT2D eigenvalue weighted by atomic mass is 16.6. The highest BCUT2D eigenvalue weighted by Crippen LogP contribution is 2.40. The molecule has 0 N–H and O–H groups in total. The molecule has 6 nitrogen and oxygen atoms in total. The second-order valence-corrected chi connectivity index (χ2v) is 5.67. The predicted octanol–water partition coefficient (Wildman–Crippen LogP) is 1.72. The number of fused-ring (bicyclic) bond motifs is 1. The van der Waals surface area contributed by atoms with Crippen LogP contribution in [0.25, 0.3) is 0 Å². The molecule has 3 rings (SSSR count). The van der Waals surface area contributed by atoms with Gasteiger partial charge in [0.25, 0.3) is 5.91 Å². The summed E-state index contributed by atoms with van der Waals surface area (Å²) < 4.78 is 22.2. The first-order valence-corrected chi connectivity index (χ1v) is 7.51. The Morgan fingerprint density at radius 3 is 2.55 bits per heavy atom. The molecular weight excluding hydrogens is 286 g/mol. The molecule has 120 valence electrons. The molecule has 2 atom stereocenters. The predicted molar refractivity (Wildman–Crippen MR) is 79.9 cm³/mol. The van der Waals surface area contributed by atoms with Gasteiger partial charge < -0.3 is 23.8 Å². The first-order chi connectivity index (χ1) is 10.6. The zero-order chi connectivity index (χ0) is 15.7. The van der Waals surface area contributed by atoms with Crippen LogP contribution in [0.1, 0.15) is 24.2 Å². The Labute approximate surface area is 129 Å². The molecule has 22 heavy (non-hydrogen) atoms. The Morgan fingerprint density at radius 2 is 1.86 bits per heavy atom. The first kappa shape index (κ1) is 15.0. The summed E-state index contributed by atoms with van der Waals surface area (Å²) in [5.41, 5.74) is 0.544. The first-order valence-electron chi connectivity index (χ1n) is 7.51. The Bertz CT molecular complexity index is 547. The maximum atomic E-state index is 12.8. The standard InChI is InChI=1S/C16H21NO5/c1-10-8-17(9-11(2)22-10)16(18)12-6-13(19-3)15-14(7-12)20-4-5-21-15/h6-7,10-11H,4-5,8-9H2,1-3H3/t10-,11-/m0/s1. The maximum absolute atomic E-state index is 12.8. The molecule has 0 aliphatic carbocycles. The number of morpholine rings is 1. The largest absolute Gasteiger partial charge is 0.493 e. The highest BCUT2D eigenvalue weighted by molar-refractivity contribution is 5.95. The quantitative estimate of drug-likeness (QED) is 0.832. The lowest BCUT2D eigenvalue weighted by Crippen LogP contribution is -2.48. The summed E-state index contributed by atoms with van der Waals surface area (Å²) in [4.78, 5) is 14.6. The molecule has 1 aromatic rings. The second kappa shape index (κ2) is 6.04. The molecule has 1 amide bonds. The number of hydrogen-bond acceptors (Lipinski definition) is 5. The Morgan fingerprint density at radius 1 is 1.18 bits per heavy atom. The third-order valence-electron chi connectivity index (χ3n) is 3.78. The van der Waals surface area contributed by atoms with E-state index in [-0.39, 0.29) is 18.1 Å². The van der Waals surface area contributed by atoms with Gasteiger partial charge in [-0.25, -0.2) is 0 Å². The zero-order valence-electron chi connectivity index (χ0n) is 13.1.